The van der Waals surface area contributed by atoms with E-state index < -0.39 is 0 Å². The molecule has 1 fully saturated rings. The Morgan fingerprint density at radius 1 is 1.05 bits per heavy atom. The minimum Gasteiger partial charge on any atom is -0.285 e. The lowest BCUT2D eigenvalue weighted by Crippen LogP contribution is -2.40. The fourth-order valence-corrected chi connectivity index (χ4v) is 3.38. The molecule has 0 bridgehead atoms. The van der Waals surface area contributed by atoms with Crippen LogP contribution in [0.1, 0.15) is 48.4 Å². The van der Waals surface area contributed by atoms with Crippen molar-refractivity contribution in [2.45, 2.75) is 52.6 Å². The molecule has 1 unspecified atom stereocenters. The summed E-state index contributed by atoms with van der Waals surface area (Å²) in [7, 11) is 0. The highest BCUT2D eigenvalue weighted by Gasteiger charge is 2.40. The lowest BCUT2D eigenvalue weighted by Gasteiger charge is -2.34. The number of hydrogen-bond acceptors (Lipinski definition) is 4. The zero-order chi connectivity index (χ0) is 15.7. The second-order valence-corrected chi connectivity index (χ2v) is 6.54. The van der Waals surface area contributed by atoms with Crippen molar-refractivity contribution in [3.8, 4) is 0 Å². The molecule has 22 heavy (non-hydrogen) atoms. The van der Waals surface area contributed by atoms with Gasteiger partial charge in [0.25, 0.3) is 0 Å². The molecule has 2 aromatic rings. The summed E-state index contributed by atoms with van der Waals surface area (Å²) in [5.41, 5.74) is 4.19. The molecule has 0 aromatic carbocycles. The topological polar surface area (TPSA) is 41.9 Å². The maximum Gasteiger partial charge on any atom is 0.148 e. The lowest BCUT2D eigenvalue weighted by atomic mass is 9.97. The van der Waals surface area contributed by atoms with Crippen LogP contribution in [0.15, 0.2) is 24.3 Å². The fraction of sp³-hybridized carbons (Fsp3) is 0.500. The molecule has 4 nitrogen and oxygen atoms in total. The normalized spacial score (nSPS) is 22.2. The van der Waals surface area contributed by atoms with E-state index in [1.165, 1.54) is 6.42 Å². The summed E-state index contributed by atoms with van der Waals surface area (Å²) in [5, 5.41) is 0. The van der Waals surface area contributed by atoms with Crippen molar-refractivity contribution in [1.29, 1.82) is 0 Å². The Kier molecular flexibility index (Phi) is 3.96. The Balaban J connectivity index is 1.91. The van der Waals surface area contributed by atoms with E-state index in [0.29, 0.717) is 0 Å². The summed E-state index contributed by atoms with van der Waals surface area (Å²) >= 11 is 0. The summed E-state index contributed by atoms with van der Waals surface area (Å²) in [6.45, 7) is 10.3. The molecular formula is C18H24N4. The maximum absolute atomic E-state index is 4.72. The molecule has 0 amide bonds. The van der Waals surface area contributed by atoms with Gasteiger partial charge in [0.15, 0.2) is 0 Å². The number of likely N-dealkylation sites (tertiary alicyclic amines) is 1. The van der Waals surface area contributed by atoms with Gasteiger partial charge in [0.1, 0.15) is 5.82 Å². The van der Waals surface area contributed by atoms with E-state index in [0.717, 1.165) is 48.1 Å². The molecule has 0 aliphatic carbocycles. The van der Waals surface area contributed by atoms with E-state index in [2.05, 4.69) is 28.9 Å². The molecule has 1 saturated heterocycles. The molecule has 116 valence electrons. The van der Waals surface area contributed by atoms with Crippen molar-refractivity contribution >= 4 is 0 Å². The smallest absolute Gasteiger partial charge is 0.148 e. The molecule has 3 heterocycles. The van der Waals surface area contributed by atoms with Gasteiger partial charge < -0.3 is 0 Å². The van der Waals surface area contributed by atoms with Crippen LogP contribution in [0.4, 0.5) is 0 Å². The molecule has 3 rings (SSSR count). The van der Waals surface area contributed by atoms with Crippen molar-refractivity contribution in [2.24, 2.45) is 0 Å². The highest BCUT2D eigenvalue weighted by Crippen LogP contribution is 2.37. The van der Waals surface area contributed by atoms with Gasteiger partial charge in [-0.15, -0.1) is 0 Å². The van der Waals surface area contributed by atoms with Gasteiger partial charge in [0.2, 0.25) is 0 Å². The largest absolute Gasteiger partial charge is 0.285 e. The third-order valence-electron chi connectivity index (χ3n) is 4.55. The number of aryl methyl sites for hydroxylation is 3. The average Bonchev–Trinajstić information content (AvgIpc) is 2.80. The predicted molar refractivity (Wildman–Crippen MR) is 87.5 cm³/mol. The SMILES string of the molecule is Cc1cccc(CN2CCCC2(C)c2nc(C)cc(C)n2)n1. The first kappa shape index (κ1) is 15.1. The van der Waals surface area contributed by atoms with Gasteiger partial charge in [-0.3, -0.25) is 9.88 Å². The first-order valence-electron chi connectivity index (χ1n) is 7.98. The molecule has 0 saturated carbocycles. The summed E-state index contributed by atoms with van der Waals surface area (Å²) in [6, 6.07) is 8.26. The molecule has 0 radical (unpaired) electrons. The van der Waals surface area contributed by atoms with E-state index >= 15 is 0 Å². The van der Waals surface area contributed by atoms with Crippen molar-refractivity contribution in [3.63, 3.8) is 0 Å². The highest BCUT2D eigenvalue weighted by atomic mass is 15.2. The Labute approximate surface area is 132 Å². The van der Waals surface area contributed by atoms with Gasteiger partial charge in [-0.05, 0) is 65.3 Å². The minimum atomic E-state index is -0.0950. The van der Waals surface area contributed by atoms with Crippen LogP contribution >= 0.6 is 0 Å². The third-order valence-corrected chi connectivity index (χ3v) is 4.55. The van der Waals surface area contributed by atoms with Crippen LogP contribution in [-0.4, -0.2) is 26.4 Å². The van der Waals surface area contributed by atoms with E-state index in [-0.39, 0.29) is 5.54 Å². The van der Waals surface area contributed by atoms with Crippen LogP contribution < -0.4 is 0 Å². The molecule has 2 aromatic heterocycles. The van der Waals surface area contributed by atoms with Crippen LogP contribution in [-0.2, 0) is 12.1 Å². The van der Waals surface area contributed by atoms with Crippen molar-refractivity contribution < 1.29 is 0 Å². The lowest BCUT2D eigenvalue weighted by molar-refractivity contribution is 0.135. The first-order valence-corrected chi connectivity index (χ1v) is 7.98. The van der Waals surface area contributed by atoms with Gasteiger partial charge in [0, 0.05) is 23.6 Å². The number of hydrogen-bond donors (Lipinski definition) is 0. The highest BCUT2D eigenvalue weighted by molar-refractivity contribution is 5.17. The minimum absolute atomic E-state index is 0.0950. The summed E-state index contributed by atoms with van der Waals surface area (Å²) in [5.74, 6) is 0.954. The van der Waals surface area contributed by atoms with E-state index in [1.54, 1.807) is 0 Å². The van der Waals surface area contributed by atoms with Crippen LogP contribution in [0, 0.1) is 20.8 Å². The van der Waals surface area contributed by atoms with Crippen molar-refractivity contribution in [3.05, 3.63) is 52.9 Å². The fourth-order valence-electron chi connectivity index (χ4n) is 3.38. The van der Waals surface area contributed by atoms with Gasteiger partial charge >= 0.3 is 0 Å². The van der Waals surface area contributed by atoms with Crippen molar-refractivity contribution in [1.82, 2.24) is 19.9 Å². The number of aromatic nitrogens is 3. The zero-order valence-electron chi connectivity index (χ0n) is 13.9. The second kappa shape index (κ2) is 5.76. The maximum atomic E-state index is 4.72. The van der Waals surface area contributed by atoms with Crippen LogP contribution in [0.2, 0.25) is 0 Å². The van der Waals surface area contributed by atoms with Crippen LogP contribution in [0.3, 0.4) is 0 Å². The zero-order valence-corrected chi connectivity index (χ0v) is 13.9. The van der Waals surface area contributed by atoms with Crippen LogP contribution in [0.5, 0.6) is 0 Å². The first-order chi connectivity index (χ1) is 10.5. The summed E-state index contributed by atoms with van der Waals surface area (Å²) in [4.78, 5) is 16.6. The van der Waals surface area contributed by atoms with Gasteiger partial charge in [-0.25, -0.2) is 9.97 Å². The predicted octanol–water partition coefficient (Wildman–Crippen LogP) is 3.31. The molecule has 1 aliphatic heterocycles. The molecule has 4 heteroatoms. The van der Waals surface area contributed by atoms with Crippen molar-refractivity contribution in [2.75, 3.05) is 6.54 Å². The molecule has 1 atom stereocenters. The Morgan fingerprint density at radius 3 is 2.45 bits per heavy atom. The average molecular weight is 296 g/mol. The number of pyridine rings is 1. The standard InChI is InChI=1S/C18H24N4/c1-13-7-5-8-16(19-13)12-22-10-6-9-18(22,4)17-20-14(2)11-15(3)21-17/h5,7-8,11H,6,9-10,12H2,1-4H3. The van der Waals surface area contributed by atoms with Gasteiger partial charge in [-0.2, -0.15) is 0 Å². The van der Waals surface area contributed by atoms with E-state index in [1.807, 2.05) is 32.9 Å². The quantitative estimate of drug-likeness (QED) is 0.871. The van der Waals surface area contributed by atoms with Gasteiger partial charge in [0.05, 0.1) is 11.2 Å². The van der Waals surface area contributed by atoms with Crippen LogP contribution in [0.25, 0.3) is 0 Å². The number of nitrogens with zero attached hydrogens (tertiary/aromatic N) is 4. The molecule has 0 spiro atoms. The molecule has 0 N–H and O–H groups in total. The third kappa shape index (κ3) is 2.88. The Hall–Kier alpha value is -1.81. The molecule has 1 aliphatic rings. The second-order valence-electron chi connectivity index (χ2n) is 6.54. The monoisotopic (exact) mass is 296 g/mol. The Morgan fingerprint density at radius 2 is 1.77 bits per heavy atom. The van der Waals surface area contributed by atoms with E-state index in [4.69, 9.17) is 9.97 Å². The summed E-state index contributed by atoms with van der Waals surface area (Å²) < 4.78 is 0. The summed E-state index contributed by atoms with van der Waals surface area (Å²) in [6.07, 6.45) is 2.28. The van der Waals surface area contributed by atoms with E-state index in [9.17, 15) is 0 Å². The van der Waals surface area contributed by atoms with Gasteiger partial charge in [-0.1, -0.05) is 6.07 Å². The molecular weight excluding hydrogens is 272 g/mol. The Bertz CT molecular complexity index is 662. The number of rotatable bonds is 3.